The number of nitrogens with zero attached hydrogens (tertiary/aromatic N) is 4. The lowest BCUT2D eigenvalue weighted by molar-refractivity contribution is -0.124. The Bertz CT molecular complexity index is 2110. The number of fused-ring (bicyclic) bond motifs is 1. The van der Waals surface area contributed by atoms with Crippen LogP contribution >= 0.6 is 0 Å². The number of rotatable bonds is 14. The minimum atomic E-state index is -0.228. The van der Waals surface area contributed by atoms with Crippen LogP contribution in [0.4, 0.5) is 34.1 Å². The molecule has 0 aliphatic carbocycles. The summed E-state index contributed by atoms with van der Waals surface area (Å²) in [5, 5.41) is 0. The molecular formula is C48H42N4O4. The standard InChI is InChI=1S/C48H42N4O4/c1-55-33-31-49-45(35-23-27-41(28-24-35)51(37-15-7-3-8-16-37)38-17-9-4-10-18-38)43-44(47(49)53)46(50(48(43)54)32-34-56-2)36-25-29-42(30-26-36)52(39-19-11-5-12-20-39)40-21-13-6-14-22-40/h3-30H,31-34H2,1-2H3. The van der Waals surface area contributed by atoms with E-state index in [4.69, 9.17) is 9.47 Å². The molecule has 0 unspecified atom stereocenters. The van der Waals surface area contributed by atoms with Gasteiger partial charge in [-0.15, -0.1) is 0 Å². The second-order valence-corrected chi connectivity index (χ2v) is 13.5. The third-order valence-electron chi connectivity index (χ3n) is 10.1. The van der Waals surface area contributed by atoms with E-state index in [-0.39, 0.29) is 11.8 Å². The van der Waals surface area contributed by atoms with Crippen LogP contribution in [0, 0.1) is 0 Å². The van der Waals surface area contributed by atoms with E-state index in [9.17, 15) is 9.59 Å². The normalized spacial score (nSPS) is 13.8. The maximum absolute atomic E-state index is 14.7. The summed E-state index contributed by atoms with van der Waals surface area (Å²) in [6.45, 7) is 1.20. The second-order valence-electron chi connectivity index (χ2n) is 13.5. The van der Waals surface area contributed by atoms with Crippen LogP contribution in [0.2, 0.25) is 0 Å². The fourth-order valence-corrected chi connectivity index (χ4v) is 7.53. The van der Waals surface area contributed by atoms with E-state index in [1.165, 1.54) is 0 Å². The molecule has 0 aromatic heterocycles. The lowest BCUT2D eigenvalue weighted by atomic mass is 10.0. The predicted octanol–water partition coefficient (Wildman–Crippen LogP) is 9.73. The molecule has 0 bridgehead atoms. The van der Waals surface area contributed by atoms with Crippen molar-refractivity contribution in [3.05, 3.63) is 192 Å². The smallest absolute Gasteiger partial charge is 0.261 e. The van der Waals surface area contributed by atoms with Gasteiger partial charge in [0.2, 0.25) is 0 Å². The largest absolute Gasteiger partial charge is 0.383 e. The molecule has 0 fully saturated rings. The van der Waals surface area contributed by atoms with Gasteiger partial charge in [-0.05, 0) is 83.9 Å². The monoisotopic (exact) mass is 738 g/mol. The first kappa shape index (κ1) is 36.2. The van der Waals surface area contributed by atoms with Gasteiger partial charge in [-0.25, -0.2) is 0 Å². The number of benzene rings is 6. The summed E-state index contributed by atoms with van der Waals surface area (Å²) in [5.41, 5.74) is 9.44. The molecule has 8 rings (SSSR count). The van der Waals surface area contributed by atoms with Crippen LogP contribution in [-0.2, 0) is 19.1 Å². The third-order valence-corrected chi connectivity index (χ3v) is 10.1. The maximum Gasteiger partial charge on any atom is 0.261 e. The Labute approximate surface area is 327 Å². The van der Waals surface area contributed by atoms with Crippen LogP contribution in [0.25, 0.3) is 11.4 Å². The zero-order valence-electron chi connectivity index (χ0n) is 31.4. The Morgan fingerprint density at radius 2 is 0.661 bits per heavy atom. The number of ether oxygens (including phenoxy) is 2. The number of hydrogen-bond acceptors (Lipinski definition) is 6. The molecule has 0 N–H and O–H groups in total. The summed E-state index contributed by atoms with van der Waals surface area (Å²) >= 11 is 0. The number of carbonyl (C=O) groups is 2. The van der Waals surface area contributed by atoms with E-state index < -0.39 is 0 Å². The van der Waals surface area contributed by atoms with Crippen LogP contribution in [0.3, 0.4) is 0 Å². The molecule has 6 aromatic rings. The van der Waals surface area contributed by atoms with Crippen molar-refractivity contribution in [1.82, 2.24) is 9.80 Å². The first-order valence-corrected chi connectivity index (χ1v) is 18.7. The Morgan fingerprint density at radius 3 is 0.929 bits per heavy atom. The highest BCUT2D eigenvalue weighted by molar-refractivity contribution is 6.30. The first-order chi connectivity index (χ1) is 27.6. The van der Waals surface area contributed by atoms with Crippen LogP contribution in [-0.4, -0.2) is 62.1 Å². The van der Waals surface area contributed by atoms with Crippen molar-refractivity contribution in [2.45, 2.75) is 0 Å². The van der Waals surface area contributed by atoms with Gasteiger partial charge in [-0.2, -0.15) is 0 Å². The molecule has 0 spiro atoms. The topological polar surface area (TPSA) is 65.6 Å². The molecule has 8 nitrogen and oxygen atoms in total. The van der Waals surface area contributed by atoms with E-state index in [0.29, 0.717) is 48.8 Å². The SMILES string of the molecule is COCCN1C(=O)C2=C(c3ccc(N(c4ccccc4)c4ccccc4)cc3)N(CCOC)C(=O)C2=C1c1ccc(N(c2ccccc2)c2ccccc2)cc1. The van der Waals surface area contributed by atoms with Crippen molar-refractivity contribution < 1.29 is 19.1 Å². The minimum absolute atomic E-state index is 0.228. The van der Waals surface area contributed by atoms with Gasteiger partial charge < -0.3 is 29.1 Å². The summed E-state index contributed by atoms with van der Waals surface area (Å²) in [7, 11) is 3.23. The van der Waals surface area contributed by atoms with Crippen molar-refractivity contribution in [3.8, 4) is 0 Å². The summed E-state index contributed by atoms with van der Waals surface area (Å²) in [4.78, 5) is 37.1. The maximum atomic E-state index is 14.7. The van der Waals surface area contributed by atoms with E-state index in [2.05, 4.69) is 58.3 Å². The molecule has 0 saturated carbocycles. The molecule has 2 heterocycles. The third kappa shape index (κ3) is 6.88. The van der Waals surface area contributed by atoms with E-state index in [1.807, 2.05) is 121 Å². The number of amides is 2. The molecule has 0 saturated heterocycles. The first-order valence-electron chi connectivity index (χ1n) is 18.7. The van der Waals surface area contributed by atoms with Gasteiger partial charge >= 0.3 is 0 Å². The molecule has 6 aromatic carbocycles. The number of methoxy groups -OCH3 is 2. The highest BCUT2D eigenvalue weighted by Crippen LogP contribution is 2.47. The molecule has 0 radical (unpaired) electrons. The lowest BCUT2D eigenvalue weighted by Crippen LogP contribution is -2.33. The molecule has 2 aliphatic heterocycles. The van der Waals surface area contributed by atoms with Gasteiger partial charge in [0, 0.05) is 61.4 Å². The highest BCUT2D eigenvalue weighted by atomic mass is 16.5. The van der Waals surface area contributed by atoms with Crippen molar-refractivity contribution in [1.29, 1.82) is 0 Å². The van der Waals surface area contributed by atoms with Gasteiger partial charge in [0.25, 0.3) is 11.8 Å². The minimum Gasteiger partial charge on any atom is -0.383 e. The van der Waals surface area contributed by atoms with Crippen LogP contribution in [0.1, 0.15) is 11.1 Å². The van der Waals surface area contributed by atoms with E-state index in [1.54, 1.807) is 24.0 Å². The predicted molar refractivity (Wildman–Crippen MR) is 223 cm³/mol. The zero-order valence-corrected chi connectivity index (χ0v) is 31.4. The Balaban J connectivity index is 1.23. The Hall–Kier alpha value is -6.74. The number of carbonyl (C=O) groups excluding carboxylic acids is 2. The van der Waals surface area contributed by atoms with Crippen molar-refractivity contribution in [2.75, 3.05) is 50.3 Å². The fraction of sp³-hybridized carbons (Fsp3) is 0.125. The summed E-state index contributed by atoms with van der Waals surface area (Å²) in [6, 6.07) is 56.9. The number of anilines is 6. The van der Waals surface area contributed by atoms with Gasteiger partial charge in [0.15, 0.2) is 0 Å². The lowest BCUT2D eigenvalue weighted by Gasteiger charge is -2.27. The number of hydrogen-bond donors (Lipinski definition) is 0. The molecular weight excluding hydrogens is 697 g/mol. The van der Waals surface area contributed by atoms with Crippen molar-refractivity contribution >= 4 is 57.3 Å². The zero-order chi connectivity index (χ0) is 38.4. The van der Waals surface area contributed by atoms with E-state index >= 15 is 0 Å². The van der Waals surface area contributed by atoms with Gasteiger partial charge in [-0.1, -0.05) is 97.1 Å². The fourth-order valence-electron chi connectivity index (χ4n) is 7.53. The van der Waals surface area contributed by atoms with Crippen LogP contribution in [0.5, 0.6) is 0 Å². The molecule has 56 heavy (non-hydrogen) atoms. The second kappa shape index (κ2) is 16.3. The highest BCUT2D eigenvalue weighted by Gasteiger charge is 2.48. The molecule has 2 aliphatic rings. The molecule has 278 valence electrons. The summed E-state index contributed by atoms with van der Waals surface area (Å²) in [6.07, 6.45) is 0. The van der Waals surface area contributed by atoms with Crippen LogP contribution in [0.15, 0.2) is 181 Å². The average molecular weight is 739 g/mol. The Kier molecular flexibility index (Phi) is 10.6. The van der Waals surface area contributed by atoms with E-state index in [0.717, 1.165) is 45.3 Å². The van der Waals surface area contributed by atoms with Gasteiger partial charge in [-0.3, -0.25) is 9.59 Å². The molecule has 0 atom stereocenters. The Morgan fingerprint density at radius 1 is 0.393 bits per heavy atom. The quantitative estimate of drug-likeness (QED) is 0.111. The number of para-hydroxylation sites is 4. The van der Waals surface area contributed by atoms with Crippen molar-refractivity contribution in [2.24, 2.45) is 0 Å². The van der Waals surface area contributed by atoms with Crippen molar-refractivity contribution in [3.63, 3.8) is 0 Å². The molecule has 2 amide bonds. The average Bonchev–Trinajstić information content (AvgIpc) is 3.70. The molecule has 8 heteroatoms. The van der Waals surface area contributed by atoms with Gasteiger partial charge in [0.05, 0.1) is 35.8 Å². The summed E-state index contributed by atoms with van der Waals surface area (Å²) < 4.78 is 10.9. The van der Waals surface area contributed by atoms with Crippen LogP contribution < -0.4 is 9.80 Å². The summed E-state index contributed by atoms with van der Waals surface area (Å²) in [5.74, 6) is -0.456. The van der Waals surface area contributed by atoms with Gasteiger partial charge in [0.1, 0.15) is 0 Å².